The molecule has 0 radical (unpaired) electrons. The molecule has 1 rings (SSSR count). The van der Waals surface area contributed by atoms with Crippen molar-refractivity contribution >= 4 is 18.2 Å². The molecule has 1 aliphatic heterocycles. The van der Waals surface area contributed by atoms with E-state index in [0.717, 1.165) is 13.8 Å². The fourth-order valence-electron chi connectivity index (χ4n) is 0.874. The summed E-state index contributed by atoms with van der Waals surface area (Å²) in [7, 11) is 0. The molecule has 0 aromatic rings. The fraction of sp³-hybridized carbons (Fsp3) is 1.00. The third-order valence-corrected chi connectivity index (χ3v) is 3.27. The fourth-order valence-corrected chi connectivity index (χ4v) is 2.68. The number of hydrogen-bond acceptors (Lipinski definition) is 3. The van der Waals surface area contributed by atoms with Gasteiger partial charge in [-0.1, -0.05) is 0 Å². The molecule has 72 valence electrons. The van der Waals surface area contributed by atoms with Gasteiger partial charge in [-0.25, -0.2) is 13.3 Å². The van der Waals surface area contributed by atoms with Crippen LogP contribution in [0.1, 0.15) is 13.8 Å². The van der Waals surface area contributed by atoms with Gasteiger partial charge in [0, 0.05) is 11.2 Å². The van der Waals surface area contributed by atoms with Crippen molar-refractivity contribution in [1.29, 1.82) is 0 Å². The van der Waals surface area contributed by atoms with E-state index in [1.807, 2.05) is 0 Å². The lowest BCUT2D eigenvalue weighted by Gasteiger charge is -2.35. The Bertz CT molecular complexity index is 217. The molecule has 1 saturated heterocycles. The second kappa shape index (κ2) is 2.91. The normalized spacial score (nSPS) is 47.4. The van der Waals surface area contributed by atoms with E-state index in [0.29, 0.717) is 0 Å². The Kier molecular flexibility index (Phi) is 2.52. The summed E-state index contributed by atoms with van der Waals surface area (Å²) in [6, 6.07) is 0. The number of rotatable bonds is 0. The summed E-state index contributed by atoms with van der Waals surface area (Å²) in [6.07, 6.45) is -2.96. The van der Waals surface area contributed by atoms with Gasteiger partial charge >= 0.3 is 6.95 Å². The molecule has 0 amide bonds. The van der Waals surface area contributed by atoms with Crippen molar-refractivity contribution in [3.8, 4) is 0 Å². The van der Waals surface area contributed by atoms with Gasteiger partial charge in [-0.3, -0.25) is 9.05 Å². The average Bonchev–Trinajstić information content (AvgIpc) is 1.82. The molecule has 3 nitrogen and oxygen atoms in total. The van der Waals surface area contributed by atoms with Crippen molar-refractivity contribution < 1.29 is 22.4 Å². The summed E-state index contributed by atoms with van der Waals surface area (Å²) in [6.45, 7) is -1.58. The molecule has 0 aromatic carbocycles. The van der Waals surface area contributed by atoms with Crippen molar-refractivity contribution in [3.63, 3.8) is 0 Å². The van der Waals surface area contributed by atoms with Gasteiger partial charge in [0.25, 0.3) is 5.92 Å². The molecule has 0 bridgehead atoms. The number of halogens is 3. The van der Waals surface area contributed by atoms with Gasteiger partial charge < -0.3 is 0 Å². The molecule has 0 saturated carbocycles. The largest absolute Gasteiger partial charge is 0.425 e. The molecular weight excluding hydrogens is 212 g/mol. The average molecular weight is 221 g/mol. The second-order valence-corrected chi connectivity index (χ2v) is 5.13. The maximum atomic E-state index is 12.9. The van der Waals surface area contributed by atoms with Crippen LogP contribution in [0.2, 0.25) is 0 Å². The van der Waals surface area contributed by atoms with Gasteiger partial charge in [0.2, 0.25) is 0 Å². The van der Waals surface area contributed by atoms with E-state index in [4.69, 9.17) is 11.2 Å². The van der Waals surface area contributed by atoms with Gasteiger partial charge in [-0.05, 0) is 13.8 Å². The van der Waals surface area contributed by atoms with Crippen molar-refractivity contribution in [2.24, 2.45) is 0 Å². The zero-order valence-corrected chi connectivity index (χ0v) is 8.11. The van der Waals surface area contributed by atoms with E-state index < -0.39 is 25.1 Å². The number of hydrogen-bond donors (Lipinski definition) is 0. The Hall–Kier alpha value is 0.300. The van der Waals surface area contributed by atoms with Crippen LogP contribution in [0.25, 0.3) is 0 Å². The highest BCUT2D eigenvalue weighted by Gasteiger charge is 2.53. The zero-order chi connectivity index (χ0) is 9.57. The smallest absolute Gasteiger partial charge is 0.287 e. The van der Waals surface area contributed by atoms with Crippen LogP contribution in [0.3, 0.4) is 0 Å². The predicted octanol–water partition coefficient (Wildman–Crippen LogP) is 2.79. The second-order valence-electron chi connectivity index (χ2n) is 2.60. The topological polar surface area (TPSA) is 35.5 Å². The van der Waals surface area contributed by atoms with Gasteiger partial charge in [0.15, 0.2) is 0 Å². The zero-order valence-electron chi connectivity index (χ0n) is 6.46. The van der Waals surface area contributed by atoms with Crippen LogP contribution < -0.4 is 0 Å². The lowest BCUT2D eigenvalue weighted by Crippen LogP contribution is -2.46. The van der Waals surface area contributed by atoms with Crippen LogP contribution >= 0.6 is 18.2 Å². The van der Waals surface area contributed by atoms with Gasteiger partial charge in [-0.15, -0.1) is 0 Å². The van der Waals surface area contributed by atoms with Gasteiger partial charge in [-0.2, -0.15) is 0 Å². The quantitative estimate of drug-likeness (QED) is 0.589. The standard InChI is InChI=1S/C5H8ClF2O3P/c1-3-5(7,8)4(2)11-12(6,9)10-3/h3-4H,1-2H3. The number of alkyl halides is 2. The molecule has 0 aliphatic carbocycles. The third kappa shape index (κ3) is 1.79. The highest BCUT2D eigenvalue weighted by molar-refractivity contribution is 7.81. The Morgan fingerprint density at radius 1 is 1.33 bits per heavy atom. The van der Waals surface area contributed by atoms with Crippen molar-refractivity contribution in [3.05, 3.63) is 0 Å². The summed E-state index contributed by atoms with van der Waals surface area (Å²) < 4.78 is 45.4. The van der Waals surface area contributed by atoms with E-state index in [1.54, 1.807) is 0 Å². The maximum Gasteiger partial charge on any atom is 0.425 e. The Morgan fingerprint density at radius 2 is 1.67 bits per heavy atom. The van der Waals surface area contributed by atoms with Crippen molar-refractivity contribution in [2.75, 3.05) is 0 Å². The SMILES string of the molecule is CC1OP(=O)(Cl)OC(C)C1(F)F. The minimum Gasteiger partial charge on any atom is -0.287 e. The minimum absolute atomic E-state index is 1.11. The van der Waals surface area contributed by atoms with Crippen LogP contribution in [0, 0.1) is 0 Å². The Balaban J connectivity index is 2.85. The first-order valence-electron chi connectivity index (χ1n) is 3.30. The molecule has 2 unspecified atom stereocenters. The van der Waals surface area contributed by atoms with Crippen LogP contribution in [0.4, 0.5) is 8.78 Å². The highest BCUT2D eigenvalue weighted by Crippen LogP contribution is 2.61. The Labute approximate surface area is 73.3 Å². The van der Waals surface area contributed by atoms with Crippen LogP contribution in [0.15, 0.2) is 0 Å². The Morgan fingerprint density at radius 3 is 2.00 bits per heavy atom. The molecule has 1 fully saturated rings. The molecule has 0 aromatic heterocycles. The lowest BCUT2D eigenvalue weighted by molar-refractivity contribution is -0.176. The van der Waals surface area contributed by atoms with Crippen molar-refractivity contribution in [1.82, 2.24) is 0 Å². The minimum atomic E-state index is -3.79. The molecule has 2 atom stereocenters. The third-order valence-electron chi connectivity index (χ3n) is 1.65. The van der Waals surface area contributed by atoms with E-state index in [9.17, 15) is 13.3 Å². The molecule has 1 heterocycles. The first-order chi connectivity index (χ1) is 5.26. The summed E-state index contributed by atoms with van der Waals surface area (Å²) in [5.74, 6) is -3.15. The van der Waals surface area contributed by atoms with E-state index in [-0.39, 0.29) is 0 Å². The van der Waals surface area contributed by atoms with E-state index >= 15 is 0 Å². The van der Waals surface area contributed by atoms with Crippen molar-refractivity contribution in [2.45, 2.75) is 32.0 Å². The first kappa shape index (κ1) is 10.4. The predicted molar refractivity (Wildman–Crippen MR) is 39.5 cm³/mol. The maximum absolute atomic E-state index is 12.9. The van der Waals surface area contributed by atoms with Crippen LogP contribution in [-0.2, 0) is 13.6 Å². The highest BCUT2D eigenvalue weighted by atomic mass is 35.7. The van der Waals surface area contributed by atoms with Crippen LogP contribution in [0.5, 0.6) is 0 Å². The summed E-state index contributed by atoms with van der Waals surface area (Å²) >= 11 is 5.17. The lowest BCUT2D eigenvalue weighted by atomic mass is 10.1. The van der Waals surface area contributed by atoms with Gasteiger partial charge in [0.05, 0.1) is 0 Å². The van der Waals surface area contributed by atoms with E-state index in [2.05, 4.69) is 9.05 Å². The van der Waals surface area contributed by atoms with E-state index in [1.165, 1.54) is 0 Å². The molecular formula is C5H8ClF2O3P. The molecule has 0 spiro atoms. The summed E-state index contributed by atoms with van der Waals surface area (Å²) in [4.78, 5) is 0. The first-order valence-corrected chi connectivity index (χ1v) is 5.75. The molecule has 1 aliphatic rings. The molecule has 7 heteroatoms. The molecule has 12 heavy (non-hydrogen) atoms. The summed E-state index contributed by atoms with van der Waals surface area (Å²) in [5.41, 5.74) is 0. The van der Waals surface area contributed by atoms with Crippen LogP contribution in [-0.4, -0.2) is 18.1 Å². The monoisotopic (exact) mass is 220 g/mol. The summed E-state index contributed by atoms with van der Waals surface area (Å²) in [5, 5.41) is 0. The molecule has 0 N–H and O–H groups in total. The van der Waals surface area contributed by atoms with Gasteiger partial charge in [0.1, 0.15) is 12.2 Å².